The molecule has 0 aromatic heterocycles. The molecule has 0 saturated heterocycles. The summed E-state index contributed by atoms with van der Waals surface area (Å²) in [5.74, 6) is -1.82. The lowest BCUT2D eigenvalue weighted by Crippen LogP contribution is -2.25. The first-order valence-corrected chi connectivity index (χ1v) is 7.54. The summed E-state index contributed by atoms with van der Waals surface area (Å²) in [5, 5.41) is 50.0. The lowest BCUT2D eigenvalue weighted by Gasteiger charge is -2.29. The van der Waals surface area contributed by atoms with Crippen LogP contribution in [0.4, 0.5) is 0 Å². The topological polar surface area (TPSA) is 110 Å². The van der Waals surface area contributed by atoms with Crippen LogP contribution >= 0.6 is 0 Å². The van der Waals surface area contributed by atoms with Crippen molar-refractivity contribution < 1.29 is 30.3 Å². The fourth-order valence-corrected chi connectivity index (χ4v) is 2.53. The molecular weight excluding hydrogens is 312 g/mol. The van der Waals surface area contributed by atoms with Crippen molar-refractivity contribution in [2.45, 2.75) is 39.2 Å². The van der Waals surface area contributed by atoms with E-state index in [1.807, 2.05) is 13.8 Å². The molecule has 0 aliphatic carbocycles. The van der Waals surface area contributed by atoms with Crippen molar-refractivity contribution in [2.24, 2.45) is 0 Å². The first-order valence-electron chi connectivity index (χ1n) is 7.54. The minimum Gasteiger partial charge on any atom is -0.507 e. The number of phenolic OH excluding ortho intramolecular Hbond substituents is 5. The molecule has 2 aromatic carbocycles. The number of benzene rings is 2. The van der Waals surface area contributed by atoms with Gasteiger partial charge in [0.15, 0.2) is 23.0 Å². The van der Waals surface area contributed by atoms with Crippen LogP contribution < -0.4 is 4.74 Å². The van der Waals surface area contributed by atoms with Gasteiger partial charge < -0.3 is 30.3 Å². The predicted molar refractivity (Wildman–Crippen MR) is 89.0 cm³/mol. The Balaban J connectivity index is 2.49. The number of rotatable bonds is 4. The van der Waals surface area contributed by atoms with Gasteiger partial charge in [0, 0.05) is 0 Å². The summed E-state index contributed by atoms with van der Waals surface area (Å²) in [5.41, 5.74) is -0.672. The molecular formula is C18H22O6. The van der Waals surface area contributed by atoms with E-state index < -0.39 is 17.1 Å². The van der Waals surface area contributed by atoms with E-state index in [0.717, 1.165) is 11.6 Å². The summed E-state index contributed by atoms with van der Waals surface area (Å²) >= 11 is 0. The molecule has 2 aromatic rings. The van der Waals surface area contributed by atoms with Crippen LogP contribution in [0.5, 0.6) is 34.5 Å². The molecule has 0 amide bonds. The Morgan fingerprint density at radius 1 is 0.833 bits per heavy atom. The zero-order valence-corrected chi connectivity index (χ0v) is 14.0. The summed E-state index contributed by atoms with van der Waals surface area (Å²) in [7, 11) is 0. The van der Waals surface area contributed by atoms with Gasteiger partial charge in [0.2, 0.25) is 5.75 Å². The molecule has 0 aliphatic rings. The van der Waals surface area contributed by atoms with E-state index in [-0.39, 0.29) is 34.5 Å². The van der Waals surface area contributed by atoms with Gasteiger partial charge in [0.25, 0.3) is 0 Å². The molecule has 0 bridgehead atoms. The quantitative estimate of drug-likeness (QED) is 0.431. The van der Waals surface area contributed by atoms with Gasteiger partial charge in [-0.2, -0.15) is 0 Å². The number of aromatic hydroxyl groups is 5. The number of hydrogen-bond acceptors (Lipinski definition) is 6. The van der Waals surface area contributed by atoms with Gasteiger partial charge in [0.05, 0.1) is 5.56 Å². The highest BCUT2D eigenvalue weighted by Gasteiger charge is 2.33. The minimum absolute atomic E-state index is 0.0609. The standard InChI is InChI=1S/C18H22O6/c1-9(2)10-7-13(21)17(14(22)8-10)24-18(3,4)15-11(19)5-6-12(20)16(15)23/h5-9,19-23H,1-4H3. The van der Waals surface area contributed by atoms with Gasteiger partial charge in [-0.05, 0) is 49.6 Å². The van der Waals surface area contributed by atoms with Gasteiger partial charge in [-0.15, -0.1) is 0 Å². The minimum atomic E-state index is -1.35. The molecule has 6 heteroatoms. The molecule has 0 spiro atoms. The Hall–Kier alpha value is -2.76. The van der Waals surface area contributed by atoms with Crippen LogP contribution in [0.25, 0.3) is 0 Å². The predicted octanol–water partition coefficient (Wildman–Crippen LogP) is 3.65. The molecule has 2 rings (SSSR count). The molecule has 24 heavy (non-hydrogen) atoms. The smallest absolute Gasteiger partial charge is 0.203 e. The van der Waals surface area contributed by atoms with Crippen LogP contribution in [0, 0.1) is 0 Å². The Morgan fingerprint density at radius 2 is 1.33 bits per heavy atom. The highest BCUT2D eigenvalue weighted by Crippen LogP contribution is 2.47. The van der Waals surface area contributed by atoms with Gasteiger partial charge in [-0.25, -0.2) is 0 Å². The zero-order valence-electron chi connectivity index (χ0n) is 14.0. The van der Waals surface area contributed by atoms with Crippen LogP contribution in [0.3, 0.4) is 0 Å². The third kappa shape index (κ3) is 3.13. The summed E-state index contributed by atoms with van der Waals surface area (Å²) in [6, 6.07) is 5.34. The summed E-state index contributed by atoms with van der Waals surface area (Å²) in [6.07, 6.45) is 0. The molecule has 5 N–H and O–H groups in total. The molecule has 0 aliphatic heterocycles. The summed E-state index contributed by atoms with van der Waals surface area (Å²) in [6.45, 7) is 6.88. The van der Waals surface area contributed by atoms with Crippen LogP contribution in [-0.2, 0) is 5.60 Å². The van der Waals surface area contributed by atoms with Crippen LogP contribution in [0.2, 0.25) is 0 Å². The SMILES string of the molecule is CC(C)c1cc(O)c(OC(C)(C)c2c(O)ccc(O)c2O)c(O)c1. The Morgan fingerprint density at radius 3 is 1.83 bits per heavy atom. The average molecular weight is 334 g/mol. The Bertz CT molecular complexity index is 741. The van der Waals surface area contributed by atoms with Crippen molar-refractivity contribution in [3.8, 4) is 34.5 Å². The van der Waals surface area contributed by atoms with E-state index >= 15 is 0 Å². The second-order valence-electron chi connectivity index (χ2n) is 6.48. The van der Waals surface area contributed by atoms with Gasteiger partial charge in [-0.1, -0.05) is 13.8 Å². The normalized spacial score (nSPS) is 11.7. The molecule has 0 unspecified atom stereocenters. The van der Waals surface area contributed by atoms with E-state index in [0.29, 0.717) is 0 Å². The van der Waals surface area contributed by atoms with Crippen LogP contribution in [0.1, 0.15) is 44.7 Å². The van der Waals surface area contributed by atoms with E-state index in [9.17, 15) is 25.5 Å². The highest BCUT2D eigenvalue weighted by molar-refractivity contribution is 5.57. The van der Waals surface area contributed by atoms with Crippen molar-refractivity contribution in [3.05, 3.63) is 35.4 Å². The molecule has 0 fully saturated rings. The maximum absolute atomic E-state index is 10.2. The first-order chi connectivity index (χ1) is 11.0. The van der Waals surface area contributed by atoms with Crippen molar-refractivity contribution in [3.63, 3.8) is 0 Å². The molecule has 0 saturated carbocycles. The largest absolute Gasteiger partial charge is 0.507 e. The third-order valence-electron chi connectivity index (χ3n) is 3.83. The highest BCUT2D eigenvalue weighted by atomic mass is 16.5. The molecule has 0 radical (unpaired) electrons. The molecule has 0 atom stereocenters. The fraction of sp³-hybridized carbons (Fsp3) is 0.333. The number of hydrogen-bond donors (Lipinski definition) is 5. The van der Waals surface area contributed by atoms with Crippen molar-refractivity contribution in [1.82, 2.24) is 0 Å². The Kier molecular flexibility index (Phi) is 4.42. The third-order valence-corrected chi connectivity index (χ3v) is 3.83. The lowest BCUT2D eigenvalue weighted by molar-refractivity contribution is 0.0931. The summed E-state index contributed by atoms with van der Waals surface area (Å²) in [4.78, 5) is 0. The monoisotopic (exact) mass is 334 g/mol. The van der Waals surface area contributed by atoms with Crippen LogP contribution in [0.15, 0.2) is 24.3 Å². The van der Waals surface area contributed by atoms with Crippen molar-refractivity contribution >= 4 is 0 Å². The maximum atomic E-state index is 10.2. The average Bonchev–Trinajstić information content (AvgIpc) is 2.46. The van der Waals surface area contributed by atoms with E-state index in [4.69, 9.17) is 4.74 Å². The second kappa shape index (κ2) is 6.03. The van der Waals surface area contributed by atoms with Crippen molar-refractivity contribution in [2.75, 3.05) is 0 Å². The van der Waals surface area contributed by atoms with Crippen LogP contribution in [-0.4, -0.2) is 25.5 Å². The zero-order chi connectivity index (χ0) is 18.2. The van der Waals surface area contributed by atoms with Gasteiger partial charge >= 0.3 is 0 Å². The first kappa shape index (κ1) is 17.6. The number of ether oxygens (including phenoxy) is 1. The maximum Gasteiger partial charge on any atom is 0.203 e. The van der Waals surface area contributed by atoms with Gasteiger partial charge in [-0.3, -0.25) is 0 Å². The van der Waals surface area contributed by atoms with E-state index in [1.54, 1.807) is 0 Å². The number of phenols is 5. The molecule has 130 valence electrons. The molecule has 0 heterocycles. The van der Waals surface area contributed by atoms with Crippen molar-refractivity contribution in [1.29, 1.82) is 0 Å². The van der Waals surface area contributed by atoms with E-state index in [2.05, 4.69) is 0 Å². The molecule has 6 nitrogen and oxygen atoms in total. The second-order valence-corrected chi connectivity index (χ2v) is 6.48. The fourth-order valence-electron chi connectivity index (χ4n) is 2.53. The van der Waals surface area contributed by atoms with E-state index in [1.165, 1.54) is 32.0 Å². The lowest BCUT2D eigenvalue weighted by atomic mass is 9.95. The summed E-state index contributed by atoms with van der Waals surface area (Å²) < 4.78 is 5.67. The Labute approximate surface area is 140 Å². The van der Waals surface area contributed by atoms with Gasteiger partial charge in [0.1, 0.15) is 11.4 Å².